The van der Waals surface area contributed by atoms with Gasteiger partial charge in [-0.15, -0.1) is 0 Å². The highest BCUT2D eigenvalue weighted by atomic mass is 35.5. The van der Waals surface area contributed by atoms with Gasteiger partial charge in [0.2, 0.25) is 5.91 Å². The summed E-state index contributed by atoms with van der Waals surface area (Å²) in [6, 6.07) is 10.8. The highest BCUT2D eigenvalue weighted by Gasteiger charge is 2.03. The predicted molar refractivity (Wildman–Crippen MR) is 79.7 cm³/mol. The van der Waals surface area contributed by atoms with Crippen molar-refractivity contribution in [1.82, 2.24) is 10.4 Å². The Bertz CT molecular complexity index is 609. The first-order valence-corrected chi connectivity index (χ1v) is 6.51. The number of nitrogens with one attached hydrogen (secondary N) is 1. The van der Waals surface area contributed by atoms with Crippen molar-refractivity contribution < 1.29 is 4.79 Å². The van der Waals surface area contributed by atoms with Crippen LogP contribution in [0.1, 0.15) is 18.1 Å². The van der Waals surface area contributed by atoms with Gasteiger partial charge in [0.25, 0.3) is 0 Å². The van der Waals surface area contributed by atoms with Crippen molar-refractivity contribution in [2.75, 3.05) is 0 Å². The zero-order valence-electron chi connectivity index (χ0n) is 11.0. The molecule has 0 bridgehead atoms. The second kappa shape index (κ2) is 6.82. The van der Waals surface area contributed by atoms with Gasteiger partial charge in [-0.3, -0.25) is 9.78 Å². The van der Waals surface area contributed by atoms with Crippen molar-refractivity contribution in [2.24, 2.45) is 5.10 Å². The molecule has 0 aliphatic carbocycles. The Morgan fingerprint density at radius 2 is 1.85 bits per heavy atom. The maximum Gasteiger partial charge on any atom is 0.244 e. The minimum Gasteiger partial charge on any atom is -0.273 e. The number of aromatic nitrogens is 1. The zero-order valence-corrected chi connectivity index (χ0v) is 11.8. The third-order valence-electron chi connectivity index (χ3n) is 2.72. The van der Waals surface area contributed by atoms with Crippen LogP contribution in [0, 0.1) is 0 Å². The number of carbonyl (C=O) groups excluding carboxylic acids is 1. The first kappa shape index (κ1) is 14.2. The normalized spacial score (nSPS) is 11.2. The molecular weight excluding hydrogens is 274 g/mol. The van der Waals surface area contributed by atoms with Gasteiger partial charge in [0.05, 0.1) is 12.1 Å². The standard InChI is InChI=1S/C15H14ClN3O/c1-11(13-6-8-17-9-7-13)18-19-15(20)10-12-2-4-14(16)5-3-12/h2-9H,10H2,1H3,(H,19,20)/b18-11+. The van der Waals surface area contributed by atoms with Crippen LogP contribution in [0.25, 0.3) is 0 Å². The van der Waals surface area contributed by atoms with E-state index in [1.165, 1.54) is 0 Å². The minimum atomic E-state index is -0.166. The molecule has 5 heteroatoms. The fraction of sp³-hybridized carbons (Fsp3) is 0.133. The average molecular weight is 288 g/mol. The van der Waals surface area contributed by atoms with Crippen LogP contribution in [0.5, 0.6) is 0 Å². The van der Waals surface area contributed by atoms with E-state index in [0.29, 0.717) is 5.02 Å². The van der Waals surface area contributed by atoms with E-state index in [2.05, 4.69) is 15.5 Å². The number of nitrogens with zero attached hydrogens (tertiary/aromatic N) is 2. The van der Waals surface area contributed by atoms with Crippen LogP contribution >= 0.6 is 11.6 Å². The highest BCUT2D eigenvalue weighted by molar-refractivity contribution is 6.30. The summed E-state index contributed by atoms with van der Waals surface area (Å²) in [5, 5.41) is 4.72. The second-order valence-corrected chi connectivity index (χ2v) is 4.71. The van der Waals surface area contributed by atoms with E-state index in [1.54, 1.807) is 24.5 Å². The van der Waals surface area contributed by atoms with Crippen molar-refractivity contribution >= 4 is 23.2 Å². The third kappa shape index (κ3) is 4.17. The van der Waals surface area contributed by atoms with E-state index in [9.17, 15) is 4.79 Å². The molecule has 20 heavy (non-hydrogen) atoms. The molecule has 0 radical (unpaired) electrons. The Labute approximate surface area is 122 Å². The molecule has 0 spiro atoms. The van der Waals surface area contributed by atoms with Crippen molar-refractivity contribution in [3.8, 4) is 0 Å². The molecule has 1 aromatic heterocycles. The number of benzene rings is 1. The lowest BCUT2D eigenvalue weighted by Crippen LogP contribution is -2.21. The topological polar surface area (TPSA) is 54.4 Å². The number of rotatable bonds is 4. The van der Waals surface area contributed by atoms with Gasteiger partial charge in [-0.25, -0.2) is 5.43 Å². The summed E-state index contributed by atoms with van der Waals surface area (Å²) in [6.45, 7) is 1.83. The van der Waals surface area contributed by atoms with Crippen molar-refractivity contribution in [3.63, 3.8) is 0 Å². The molecule has 1 amide bonds. The molecule has 0 fully saturated rings. The van der Waals surface area contributed by atoms with Crippen molar-refractivity contribution in [1.29, 1.82) is 0 Å². The molecule has 4 nitrogen and oxygen atoms in total. The van der Waals surface area contributed by atoms with Gasteiger partial charge in [-0.1, -0.05) is 23.7 Å². The van der Waals surface area contributed by atoms with Crippen molar-refractivity contribution in [3.05, 3.63) is 64.9 Å². The monoisotopic (exact) mass is 287 g/mol. The summed E-state index contributed by atoms with van der Waals surface area (Å²) in [5.74, 6) is -0.166. The largest absolute Gasteiger partial charge is 0.273 e. The zero-order chi connectivity index (χ0) is 14.4. The van der Waals surface area contributed by atoms with Crippen LogP contribution < -0.4 is 5.43 Å². The van der Waals surface area contributed by atoms with Crippen molar-refractivity contribution in [2.45, 2.75) is 13.3 Å². The van der Waals surface area contributed by atoms with Crippen LogP contribution in [0.4, 0.5) is 0 Å². The molecule has 2 rings (SSSR count). The Morgan fingerprint density at radius 3 is 2.50 bits per heavy atom. The van der Waals surface area contributed by atoms with E-state index in [-0.39, 0.29) is 12.3 Å². The minimum absolute atomic E-state index is 0.166. The van der Waals surface area contributed by atoms with Crippen LogP contribution in [-0.2, 0) is 11.2 Å². The Balaban J connectivity index is 1.93. The third-order valence-corrected chi connectivity index (χ3v) is 2.98. The van der Waals surface area contributed by atoms with E-state index >= 15 is 0 Å². The van der Waals surface area contributed by atoms with Gasteiger partial charge in [-0.05, 0) is 36.8 Å². The molecule has 0 aliphatic rings. The highest BCUT2D eigenvalue weighted by Crippen LogP contribution is 2.09. The molecule has 0 saturated carbocycles. The summed E-state index contributed by atoms with van der Waals surface area (Å²) in [7, 11) is 0. The number of halogens is 1. The maximum atomic E-state index is 11.8. The van der Waals surface area contributed by atoms with Gasteiger partial charge in [-0.2, -0.15) is 5.10 Å². The molecule has 102 valence electrons. The molecule has 0 atom stereocenters. The summed E-state index contributed by atoms with van der Waals surface area (Å²) in [6.07, 6.45) is 3.64. The fourth-order valence-corrected chi connectivity index (χ4v) is 1.76. The van der Waals surface area contributed by atoms with Gasteiger partial charge >= 0.3 is 0 Å². The number of pyridine rings is 1. The molecular formula is C15H14ClN3O. The first-order chi connectivity index (χ1) is 9.65. The number of hydrazone groups is 1. The van der Waals surface area contributed by atoms with E-state index < -0.39 is 0 Å². The number of hydrogen-bond donors (Lipinski definition) is 1. The first-order valence-electron chi connectivity index (χ1n) is 6.13. The predicted octanol–water partition coefficient (Wildman–Crippen LogP) is 2.82. The van der Waals surface area contributed by atoms with E-state index in [0.717, 1.165) is 16.8 Å². The smallest absolute Gasteiger partial charge is 0.244 e. The number of carbonyl (C=O) groups is 1. The van der Waals surface area contributed by atoms with Gasteiger partial charge < -0.3 is 0 Å². The molecule has 0 aliphatic heterocycles. The Morgan fingerprint density at radius 1 is 1.20 bits per heavy atom. The molecule has 1 aromatic carbocycles. The van der Waals surface area contributed by atoms with Crippen LogP contribution in [-0.4, -0.2) is 16.6 Å². The van der Waals surface area contributed by atoms with E-state index in [1.807, 2.05) is 31.2 Å². The molecule has 1 heterocycles. The van der Waals surface area contributed by atoms with Gasteiger partial charge in [0, 0.05) is 23.0 Å². The lowest BCUT2D eigenvalue weighted by molar-refractivity contribution is -0.120. The van der Waals surface area contributed by atoms with Gasteiger partial charge in [0.1, 0.15) is 0 Å². The maximum absolute atomic E-state index is 11.8. The van der Waals surface area contributed by atoms with Crippen LogP contribution in [0.2, 0.25) is 5.02 Å². The van der Waals surface area contributed by atoms with Crippen LogP contribution in [0.15, 0.2) is 53.9 Å². The summed E-state index contributed by atoms with van der Waals surface area (Å²) in [4.78, 5) is 15.7. The lowest BCUT2D eigenvalue weighted by Gasteiger charge is -2.03. The van der Waals surface area contributed by atoms with Gasteiger partial charge in [0.15, 0.2) is 0 Å². The lowest BCUT2D eigenvalue weighted by atomic mass is 10.1. The summed E-state index contributed by atoms with van der Waals surface area (Å²) in [5.41, 5.74) is 5.09. The molecule has 0 saturated heterocycles. The molecule has 0 unspecified atom stereocenters. The SMILES string of the molecule is C/C(=N\NC(=O)Cc1ccc(Cl)cc1)c1ccncc1. The van der Waals surface area contributed by atoms with Crippen LogP contribution in [0.3, 0.4) is 0 Å². The molecule has 2 aromatic rings. The fourth-order valence-electron chi connectivity index (χ4n) is 1.63. The summed E-state index contributed by atoms with van der Waals surface area (Å²) < 4.78 is 0. The Kier molecular flexibility index (Phi) is 4.85. The summed E-state index contributed by atoms with van der Waals surface area (Å²) >= 11 is 5.79. The Hall–Kier alpha value is -2.20. The molecule has 1 N–H and O–H groups in total. The number of amides is 1. The van der Waals surface area contributed by atoms with E-state index in [4.69, 9.17) is 11.6 Å². The average Bonchev–Trinajstić information content (AvgIpc) is 2.48. The second-order valence-electron chi connectivity index (χ2n) is 4.27. The number of hydrogen-bond acceptors (Lipinski definition) is 3. The quantitative estimate of drug-likeness (QED) is 0.694.